The summed E-state index contributed by atoms with van der Waals surface area (Å²) < 4.78 is 35.9. The SMILES string of the molecule is O=C(CC(=O)N1C[C@@H]2CCC[C@@]2(C(=O)O)C1)NCC(F)(F)F. The van der Waals surface area contributed by atoms with Gasteiger partial charge in [-0.15, -0.1) is 0 Å². The molecule has 2 N–H and O–H groups in total. The molecule has 1 heterocycles. The average Bonchev–Trinajstić information content (AvgIpc) is 2.92. The van der Waals surface area contributed by atoms with Crippen LogP contribution >= 0.6 is 0 Å². The van der Waals surface area contributed by atoms with Crippen LogP contribution in [0.3, 0.4) is 0 Å². The molecule has 0 aromatic carbocycles. The van der Waals surface area contributed by atoms with Crippen molar-refractivity contribution in [1.82, 2.24) is 10.2 Å². The van der Waals surface area contributed by atoms with Crippen molar-refractivity contribution >= 4 is 17.8 Å². The molecule has 1 aliphatic carbocycles. The lowest BCUT2D eigenvalue weighted by molar-refractivity contribution is -0.149. The minimum absolute atomic E-state index is 0.0262. The number of amides is 2. The van der Waals surface area contributed by atoms with Crippen molar-refractivity contribution in [3.05, 3.63) is 0 Å². The van der Waals surface area contributed by atoms with E-state index in [1.807, 2.05) is 0 Å². The van der Waals surface area contributed by atoms with Crippen molar-refractivity contribution in [3.8, 4) is 0 Å². The Hall–Kier alpha value is -1.80. The number of hydrogen-bond donors (Lipinski definition) is 2. The van der Waals surface area contributed by atoms with E-state index in [1.165, 1.54) is 4.90 Å². The van der Waals surface area contributed by atoms with Crippen molar-refractivity contribution in [2.75, 3.05) is 19.6 Å². The van der Waals surface area contributed by atoms with Gasteiger partial charge in [0.05, 0.1) is 5.41 Å². The Morgan fingerprint density at radius 3 is 2.55 bits per heavy atom. The number of carbonyl (C=O) groups is 3. The van der Waals surface area contributed by atoms with Crippen LogP contribution in [0.2, 0.25) is 0 Å². The highest BCUT2D eigenvalue weighted by atomic mass is 19.4. The normalized spacial score (nSPS) is 27.6. The standard InChI is InChI=1S/C13H17F3N2O4/c14-13(15,16)6-17-9(19)4-10(20)18-5-8-2-1-3-12(8,7-18)11(21)22/h8H,1-7H2,(H,17,19)(H,21,22)/t8-,12+/m0/s1. The summed E-state index contributed by atoms with van der Waals surface area (Å²) in [7, 11) is 0. The molecule has 1 saturated carbocycles. The van der Waals surface area contributed by atoms with Gasteiger partial charge in [-0.3, -0.25) is 14.4 Å². The number of hydrogen-bond acceptors (Lipinski definition) is 3. The number of alkyl halides is 3. The number of carbonyl (C=O) groups excluding carboxylic acids is 2. The Morgan fingerprint density at radius 2 is 2.00 bits per heavy atom. The molecule has 2 amide bonds. The van der Waals surface area contributed by atoms with Gasteiger partial charge in [0.1, 0.15) is 13.0 Å². The first-order valence-corrected chi connectivity index (χ1v) is 6.99. The van der Waals surface area contributed by atoms with Crippen LogP contribution < -0.4 is 5.32 Å². The third-order valence-electron chi connectivity index (χ3n) is 4.45. The van der Waals surface area contributed by atoms with Gasteiger partial charge in [-0.05, 0) is 18.8 Å². The lowest BCUT2D eigenvalue weighted by atomic mass is 9.81. The molecule has 0 spiro atoms. The highest BCUT2D eigenvalue weighted by molar-refractivity contribution is 5.97. The molecule has 0 aromatic heterocycles. The van der Waals surface area contributed by atoms with Crippen molar-refractivity contribution < 1.29 is 32.7 Å². The van der Waals surface area contributed by atoms with E-state index in [-0.39, 0.29) is 19.0 Å². The van der Waals surface area contributed by atoms with E-state index in [1.54, 1.807) is 5.32 Å². The van der Waals surface area contributed by atoms with Crippen LogP contribution in [0, 0.1) is 11.3 Å². The van der Waals surface area contributed by atoms with Crippen LogP contribution in [0.1, 0.15) is 25.7 Å². The topological polar surface area (TPSA) is 86.7 Å². The fourth-order valence-corrected chi connectivity index (χ4v) is 3.34. The fourth-order valence-electron chi connectivity index (χ4n) is 3.34. The summed E-state index contributed by atoms with van der Waals surface area (Å²) in [6, 6.07) is 0. The predicted molar refractivity (Wildman–Crippen MR) is 67.7 cm³/mol. The van der Waals surface area contributed by atoms with Crippen molar-refractivity contribution in [2.45, 2.75) is 31.9 Å². The summed E-state index contributed by atoms with van der Waals surface area (Å²) in [5.41, 5.74) is -0.960. The van der Waals surface area contributed by atoms with Gasteiger partial charge in [-0.25, -0.2) is 0 Å². The van der Waals surface area contributed by atoms with Crippen LogP contribution in [-0.2, 0) is 14.4 Å². The Bertz CT molecular complexity index is 494. The van der Waals surface area contributed by atoms with Gasteiger partial charge < -0.3 is 15.3 Å². The number of likely N-dealkylation sites (tertiary alicyclic amines) is 1. The summed E-state index contributed by atoms with van der Waals surface area (Å²) in [5.74, 6) is -2.74. The molecule has 1 aliphatic heterocycles. The molecule has 2 rings (SSSR count). The zero-order valence-electron chi connectivity index (χ0n) is 11.8. The lowest BCUT2D eigenvalue weighted by Crippen LogP contribution is -2.40. The lowest BCUT2D eigenvalue weighted by Gasteiger charge is -2.23. The number of fused-ring (bicyclic) bond motifs is 1. The van der Waals surface area contributed by atoms with Gasteiger partial charge in [0.15, 0.2) is 0 Å². The first kappa shape index (κ1) is 16.6. The second-order valence-corrected chi connectivity index (χ2v) is 5.89. The van der Waals surface area contributed by atoms with Gasteiger partial charge >= 0.3 is 12.1 Å². The third-order valence-corrected chi connectivity index (χ3v) is 4.45. The largest absolute Gasteiger partial charge is 0.481 e. The Labute approximate surface area is 124 Å². The summed E-state index contributed by atoms with van der Waals surface area (Å²) in [6.07, 6.45) is -3.26. The maximum Gasteiger partial charge on any atom is 0.405 e. The van der Waals surface area contributed by atoms with Crippen LogP contribution in [0.4, 0.5) is 13.2 Å². The van der Waals surface area contributed by atoms with E-state index < -0.39 is 42.3 Å². The zero-order valence-corrected chi connectivity index (χ0v) is 11.8. The van der Waals surface area contributed by atoms with E-state index in [2.05, 4.69) is 0 Å². The molecular formula is C13H17F3N2O4. The average molecular weight is 322 g/mol. The minimum atomic E-state index is -4.53. The van der Waals surface area contributed by atoms with E-state index in [9.17, 15) is 32.7 Å². The van der Waals surface area contributed by atoms with Crippen molar-refractivity contribution in [3.63, 3.8) is 0 Å². The quantitative estimate of drug-likeness (QED) is 0.749. The van der Waals surface area contributed by atoms with Crippen LogP contribution in [-0.4, -0.2) is 53.6 Å². The molecule has 2 aliphatic rings. The summed E-state index contributed by atoms with van der Waals surface area (Å²) in [6.45, 7) is -1.21. The summed E-state index contributed by atoms with van der Waals surface area (Å²) in [5, 5.41) is 11.0. The molecule has 6 nitrogen and oxygen atoms in total. The van der Waals surface area contributed by atoms with Crippen LogP contribution in [0.5, 0.6) is 0 Å². The minimum Gasteiger partial charge on any atom is -0.481 e. The number of nitrogens with zero attached hydrogens (tertiary/aromatic N) is 1. The molecule has 1 saturated heterocycles. The zero-order chi connectivity index (χ0) is 16.5. The maximum atomic E-state index is 12.0. The summed E-state index contributed by atoms with van der Waals surface area (Å²) in [4.78, 5) is 36.1. The molecule has 0 bridgehead atoms. The van der Waals surface area contributed by atoms with Crippen LogP contribution in [0.15, 0.2) is 0 Å². The first-order valence-electron chi connectivity index (χ1n) is 6.99. The van der Waals surface area contributed by atoms with E-state index >= 15 is 0 Å². The van der Waals surface area contributed by atoms with Gasteiger partial charge in [-0.2, -0.15) is 13.2 Å². The maximum absolute atomic E-state index is 12.0. The molecule has 2 fully saturated rings. The molecular weight excluding hydrogens is 305 g/mol. The predicted octanol–water partition coefficient (Wildman–Crippen LogP) is 0.768. The van der Waals surface area contributed by atoms with Gasteiger partial charge in [0.2, 0.25) is 11.8 Å². The molecule has 2 atom stereocenters. The Balaban J connectivity index is 1.90. The number of nitrogens with one attached hydrogen (secondary N) is 1. The van der Waals surface area contributed by atoms with E-state index in [0.717, 1.165) is 6.42 Å². The Morgan fingerprint density at radius 1 is 1.32 bits per heavy atom. The molecule has 124 valence electrons. The van der Waals surface area contributed by atoms with Crippen molar-refractivity contribution in [1.29, 1.82) is 0 Å². The monoisotopic (exact) mass is 322 g/mol. The van der Waals surface area contributed by atoms with E-state index in [4.69, 9.17) is 0 Å². The summed E-state index contributed by atoms with van der Waals surface area (Å²) >= 11 is 0. The van der Waals surface area contributed by atoms with Crippen molar-refractivity contribution in [2.24, 2.45) is 11.3 Å². The number of aliphatic carboxylic acids is 1. The molecule has 22 heavy (non-hydrogen) atoms. The number of carboxylic acid groups (broad SMARTS) is 1. The molecule has 0 aromatic rings. The number of carboxylic acids is 1. The van der Waals surface area contributed by atoms with Gasteiger partial charge in [-0.1, -0.05) is 6.42 Å². The molecule has 0 radical (unpaired) electrons. The van der Waals surface area contributed by atoms with E-state index in [0.29, 0.717) is 12.8 Å². The van der Waals surface area contributed by atoms with Crippen LogP contribution in [0.25, 0.3) is 0 Å². The fraction of sp³-hybridized carbons (Fsp3) is 0.769. The number of rotatable bonds is 4. The smallest absolute Gasteiger partial charge is 0.405 e. The first-order chi connectivity index (χ1) is 10.1. The van der Waals surface area contributed by atoms with Gasteiger partial charge in [0.25, 0.3) is 0 Å². The number of halogens is 3. The molecule has 9 heteroatoms. The second kappa shape index (κ2) is 5.77. The second-order valence-electron chi connectivity index (χ2n) is 5.89. The Kier molecular flexibility index (Phi) is 4.35. The highest BCUT2D eigenvalue weighted by Gasteiger charge is 2.55. The highest BCUT2D eigenvalue weighted by Crippen LogP contribution is 2.48. The van der Waals surface area contributed by atoms with Gasteiger partial charge in [0, 0.05) is 13.1 Å². The molecule has 0 unspecified atom stereocenters. The third kappa shape index (κ3) is 3.33.